The van der Waals surface area contributed by atoms with E-state index in [2.05, 4.69) is 52.9 Å². The molecule has 26 heavy (non-hydrogen) atoms. The highest BCUT2D eigenvalue weighted by Gasteiger charge is 2.27. The number of benzene rings is 2. The van der Waals surface area contributed by atoms with Crippen LogP contribution in [0.25, 0.3) is 11.1 Å². The molecular weight excluding hydrogens is 338 g/mol. The van der Waals surface area contributed by atoms with E-state index in [1.807, 2.05) is 30.3 Å². The van der Waals surface area contributed by atoms with Gasteiger partial charge in [0.25, 0.3) is 0 Å². The molecule has 134 valence electrons. The standard InChI is InChI=1S/C23H25NOS/c25-26(23-13-11-21(12-14-23)19-7-3-1-4-8-19)24-17-15-22(16-18-24)20-9-5-2-6-10-20/h1,3-14,20,22H,2,15-18H2. The van der Waals surface area contributed by atoms with Crippen molar-refractivity contribution in [2.75, 3.05) is 13.1 Å². The fourth-order valence-corrected chi connectivity index (χ4v) is 5.11. The first-order chi connectivity index (χ1) is 12.8. The monoisotopic (exact) mass is 363 g/mol. The lowest BCUT2D eigenvalue weighted by molar-refractivity contribution is 0.257. The average Bonchev–Trinajstić information content (AvgIpc) is 2.75. The Balaban J connectivity index is 1.38. The van der Waals surface area contributed by atoms with E-state index >= 15 is 0 Å². The fraction of sp³-hybridized carbons (Fsp3) is 0.304. The molecule has 0 radical (unpaired) electrons. The van der Waals surface area contributed by atoms with Gasteiger partial charge < -0.3 is 0 Å². The van der Waals surface area contributed by atoms with E-state index in [1.165, 1.54) is 11.1 Å². The summed E-state index contributed by atoms with van der Waals surface area (Å²) >= 11 is 0. The van der Waals surface area contributed by atoms with Crippen molar-refractivity contribution in [2.45, 2.75) is 24.2 Å². The normalized spacial score (nSPS) is 20.3. The number of piperidine rings is 1. The molecule has 0 saturated carbocycles. The summed E-state index contributed by atoms with van der Waals surface area (Å²) in [5.41, 5.74) is 2.36. The summed E-state index contributed by atoms with van der Waals surface area (Å²) in [6.07, 6.45) is 12.5. The molecule has 2 nitrogen and oxygen atoms in total. The van der Waals surface area contributed by atoms with Crippen molar-refractivity contribution < 1.29 is 4.21 Å². The van der Waals surface area contributed by atoms with Crippen LogP contribution in [0.3, 0.4) is 0 Å². The summed E-state index contributed by atoms with van der Waals surface area (Å²) < 4.78 is 15.1. The van der Waals surface area contributed by atoms with Crippen LogP contribution >= 0.6 is 0 Å². The third kappa shape index (κ3) is 3.89. The van der Waals surface area contributed by atoms with E-state index in [1.54, 1.807) is 0 Å². The zero-order valence-corrected chi connectivity index (χ0v) is 15.8. The third-order valence-corrected chi connectivity index (χ3v) is 6.94. The van der Waals surface area contributed by atoms with Crippen LogP contribution < -0.4 is 0 Å². The molecule has 2 aliphatic rings. The van der Waals surface area contributed by atoms with Gasteiger partial charge in [0.2, 0.25) is 0 Å². The predicted molar refractivity (Wildman–Crippen MR) is 109 cm³/mol. The molecule has 0 spiro atoms. The largest absolute Gasteiger partial charge is 0.237 e. The van der Waals surface area contributed by atoms with E-state index in [9.17, 15) is 4.21 Å². The van der Waals surface area contributed by atoms with Crippen LogP contribution in [0, 0.1) is 11.8 Å². The number of nitrogens with zero attached hydrogens (tertiary/aromatic N) is 1. The molecule has 1 aliphatic carbocycles. The first-order valence-electron chi connectivity index (χ1n) is 9.47. The highest BCUT2D eigenvalue weighted by molar-refractivity contribution is 7.82. The van der Waals surface area contributed by atoms with Crippen molar-refractivity contribution in [2.24, 2.45) is 11.8 Å². The van der Waals surface area contributed by atoms with Gasteiger partial charge in [-0.2, -0.15) is 0 Å². The second kappa shape index (κ2) is 8.15. The quantitative estimate of drug-likeness (QED) is 0.682. The zero-order chi connectivity index (χ0) is 17.8. The van der Waals surface area contributed by atoms with Crippen LogP contribution in [0.15, 0.2) is 83.8 Å². The number of allylic oxidation sites excluding steroid dienone is 4. The van der Waals surface area contributed by atoms with Crippen LogP contribution in [-0.2, 0) is 11.0 Å². The minimum Gasteiger partial charge on any atom is -0.237 e. The van der Waals surface area contributed by atoms with Gasteiger partial charge in [0.15, 0.2) is 0 Å². The number of rotatable bonds is 4. The molecule has 4 rings (SSSR count). The Morgan fingerprint density at radius 3 is 2.08 bits per heavy atom. The fourth-order valence-electron chi connectivity index (χ4n) is 3.90. The van der Waals surface area contributed by atoms with Crippen molar-refractivity contribution in [1.82, 2.24) is 4.31 Å². The molecule has 1 atom stereocenters. The zero-order valence-electron chi connectivity index (χ0n) is 15.0. The van der Waals surface area contributed by atoms with E-state index in [0.29, 0.717) is 11.8 Å². The SMILES string of the molecule is O=S(c1ccc(-c2ccccc2)cc1)N1CCC(C2C=CCC=C2)CC1. The van der Waals surface area contributed by atoms with E-state index < -0.39 is 11.0 Å². The van der Waals surface area contributed by atoms with Gasteiger partial charge in [0.05, 0.1) is 4.90 Å². The molecular formula is C23H25NOS. The summed E-state index contributed by atoms with van der Waals surface area (Å²) in [6, 6.07) is 18.5. The van der Waals surface area contributed by atoms with Crippen molar-refractivity contribution in [3.05, 3.63) is 78.9 Å². The molecule has 0 N–H and O–H groups in total. The van der Waals surface area contributed by atoms with Crippen LogP contribution in [-0.4, -0.2) is 21.6 Å². The van der Waals surface area contributed by atoms with E-state index in [4.69, 9.17) is 0 Å². The predicted octanol–water partition coefficient (Wildman–Crippen LogP) is 5.22. The Kier molecular flexibility index (Phi) is 5.47. The maximum atomic E-state index is 12.9. The van der Waals surface area contributed by atoms with Gasteiger partial charge in [0, 0.05) is 13.1 Å². The highest BCUT2D eigenvalue weighted by Crippen LogP contribution is 2.30. The van der Waals surface area contributed by atoms with Crippen LogP contribution in [0.5, 0.6) is 0 Å². The Morgan fingerprint density at radius 2 is 1.42 bits per heavy atom. The first-order valence-corrected chi connectivity index (χ1v) is 10.6. The van der Waals surface area contributed by atoms with Crippen molar-refractivity contribution in [3.63, 3.8) is 0 Å². The summed E-state index contributed by atoms with van der Waals surface area (Å²) in [7, 11) is -1.06. The summed E-state index contributed by atoms with van der Waals surface area (Å²) in [5, 5.41) is 0. The molecule has 2 aromatic carbocycles. The molecule has 0 amide bonds. The molecule has 1 fully saturated rings. The smallest absolute Gasteiger partial charge is 0.127 e. The maximum absolute atomic E-state index is 12.9. The average molecular weight is 364 g/mol. The Hall–Kier alpha value is -1.97. The Bertz CT molecular complexity index is 790. The lowest BCUT2D eigenvalue weighted by atomic mass is 9.83. The minimum atomic E-state index is -1.06. The number of hydrogen-bond donors (Lipinski definition) is 0. The third-order valence-electron chi connectivity index (χ3n) is 5.43. The van der Waals surface area contributed by atoms with Gasteiger partial charge in [-0.25, -0.2) is 8.51 Å². The van der Waals surface area contributed by atoms with Gasteiger partial charge in [-0.1, -0.05) is 66.8 Å². The summed E-state index contributed by atoms with van der Waals surface area (Å²) in [5.74, 6) is 1.26. The Labute approximate surface area is 158 Å². The van der Waals surface area contributed by atoms with Gasteiger partial charge in [-0.15, -0.1) is 0 Å². The molecule has 0 aromatic heterocycles. The van der Waals surface area contributed by atoms with Gasteiger partial charge >= 0.3 is 0 Å². The van der Waals surface area contributed by atoms with Crippen LogP contribution in [0.4, 0.5) is 0 Å². The van der Waals surface area contributed by atoms with Crippen molar-refractivity contribution >= 4 is 11.0 Å². The second-order valence-electron chi connectivity index (χ2n) is 7.08. The van der Waals surface area contributed by atoms with E-state index in [0.717, 1.165) is 37.2 Å². The highest BCUT2D eigenvalue weighted by atomic mass is 32.2. The molecule has 1 saturated heterocycles. The molecule has 0 bridgehead atoms. The Morgan fingerprint density at radius 1 is 0.808 bits per heavy atom. The lowest BCUT2D eigenvalue weighted by Gasteiger charge is -2.33. The van der Waals surface area contributed by atoms with Crippen LogP contribution in [0.1, 0.15) is 19.3 Å². The van der Waals surface area contributed by atoms with Gasteiger partial charge in [-0.05, 0) is 54.4 Å². The number of hydrogen-bond acceptors (Lipinski definition) is 1. The molecule has 3 heteroatoms. The molecule has 2 aromatic rings. The van der Waals surface area contributed by atoms with Crippen molar-refractivity contribution in [1.29, 1.82) is 0 Å². The topological polar surface area (TPSA) is 20.3 Å². The maximum Gasteiger partial charge on any atom is 0.127 e. The van der Waals surface area contributed by atoms with E-state index in [-0.39, 0.29) is 0 Å². The van der Waals surface area contributed by atoms with Gasteiger partial charge in [-0.3, -0.25) is 0 Å². The van der Waals surface area contributed by atoms with Crippen LogP contribution in [0.2, 0.25) is 0 Å². The molecule has 1 heterocycles. The minimum absolute atomic E-state index is 0.574. The molecule has 1 unspecified atom stereocenters. The summed E-state index contributed by atoms with van der Waals surface area (Å²) in [6.45, 7) is 1.83. The first kappa shape index (κ1) is 17.4. The summed E-state index contributed by atoms with van der Waals surface area (Å²) in [4.78, 5) is 0.903. The second-order valence-corrected chi connectivity index (χ2v) is 8.56. The lowest BCUT2D eigenvalue weighted by Crippen LogP contribution is -2.36. The molecule has 1 aliphatic heterocycles. The van der Waals surface area contributed by atoms with Crippen molar-refractivity contribution in [3.8, 4) is 11.1 Å². The van der Waals surface area contributed by atoms with Gasteiger partial charge in [0.1, 0.15) is 11.0 Å².